The third-order valence-electron chi connectivity index (χ3n) is 5.08. The molecule has 0 radical (unpaired) electrons. The number of phenolic OH excluding ortho intramolecular Hbond substituents is 1. The molecule has 2 N–H and O–H groups in total. The number of rotatable bonds is 5. The smallest absolute Gasteiger partial charge is 0.337 e. The van der Waals surface area contributed by atoms with E-state index in [1.54, 1.807) is 12.1 Å². The van der Waals surface area contributed by atoms with E-state index in [0.717, 1.165) is 0 Å². The van der Waals surface area contributed by atoms with Gasteiger partial charge in [-0.1, -0.05) is 53.7 Å². The Balaban J connectivity index is 2.84. The standard InChI is InChI=1S/C25H29NO5S/c1-24(2,3)19-14-16(15-20(22(19)27)25(4,5)6)13-17(11-12-26)32(30,31)21-10-8-7-9-18(21)23(28)29/h7-10,13-15,27H,11H2,1-6H3,(H,28,29). The number of hydrogen-bond acceptors (Lipinski definition) is 5. The van der Waals surface area contributed by atoms with Crippen molar-refractivity contribution < 1.29 is 23.4 Å². The van der Waals surface area contributed by atoms with Crippen LogP contribution in [0, 0.1) is 11.3 Å². The Labute approximate surface area is 189 Å². The number of carbonyl (C=O) groups is 1. The number of hydrogen-bond donors (Lipinski definition) is 2. The lowest BCUT2D eigenvalue weighted by molar-refractivity contribution is 0.0692. The largest absolute Gasteiger partial charge is 0.507 e. The monoisotopic (exact) mass is 455 g/mol. The van der Waals surface area contributed by atoms with Gasteiger partial charge in [0.1, 0.15) is 5.75 Å². The summed E-state index contributed by atoms with van der Waals surface area (Å²) in [7, 11) is -4.25. The van der Waals surface area contributed by atoms with Crippen molar-refractivity contribution in [2.75, 3.05) is 0 Å². The number of carboxylic acids is 1. The lowest BCUT2D eigenvalue weighted by Crippen LogP contribution is -2.17. The summed E-state index contributed by atoms with van der Waals surface area (Å²) < 4.78 is 26.7. The Bertz CT molecular complexity index is 1190. The van der Waals surface area contributed by atoms with Crippen LogP contribution in [0.2, 0.25) is 0 Å². The van der Waals surface area contributed by atoms with E-state index in [4.69, 9.17) is 0 Å². The van der Waals surface area contributed by atoms with Crippen molar-refractivity contribution in [1.29, 1.82) is 5.26 Å². The lowest BCUT2D eigenvalue weighted by atomic mass is 9.78. The molecule has 0 bridgehead atoms. The van der Waals surface area contributed by atoms with E-state index < -0.39 is 33.1 Å². The molecule has 32 heavy (non-hydrogen) atoms. The molecule has 170 valence electrons. The number of allylic oxidation sites excluding steroid dienone is 1. The van der Waals surface area contributed by atoms with Crippen LogP contribution in [0.4, 0.5) is 0 Å². The minimum atomic E-state index is -4.25. The average molecular weight is 456 g/mol. The topological polar surface area (TPSA) is 115 Å². The van der Waals surface area contributed by atoms with Crippen LogP contribution in [0.3, 0.4) is 0 Å². The van der Waals surface area contributed by atoms with Gasteiger partial charge in [-0.3, -0.25) is 0 Å². The molecule has 0 fully saturated rings. The number of aromatic hydroxyl groups is 1. The molecular formula is C25H29NO5S. The van der Waals surface area contributed by atoms with Crippen molar-refractivity contribution in [2.24, 2.45) is 0 Å². The molecule has 0 amide bonds. The highest BCUT2D eigenvalue weighted by atomic mass is 32.2. The van der Waals surface area contributed by atoms with Crippen LogP contribution in [-0.2, 0) is 20.7 Å². The van der Waals surface area contributed by atoms with Crippen molar-refractivity contribution in [3.63, 3.8) is 0 Å². The summed E-state index contributed by atoms with van der Waals surface area (Å²) in [4.78, 5) is 11.0. The Hall–Kier alpha value is -3.11. The van der Waals surface area contributed by atoms with Crippen molar-refractivity contribution in [3.05, 3.63) is 63.6 Å². The molecule has 0 saturated carbocycles. The first-order valence-corrected chi connectivity index (χ1v) is 11.6. The maximum Gasteiger partial charge on any atom is 0.337 e. The number of benzene rings is 2. The summed E-state index contributed by atoms with van der Waals surface area (Å²) in [5, 5.41) is 29.6. The van der Waals surface area contributed by atoms with Crippen molar-refractivity contribution in [1.82, 2.24) is 0 Å². The summed E-state index contributed by atoms with van der Waals surface area (Å²) in [6.45, 7) is 11.7. The van der Waals surface area contributed by atoms with Crippen LogP contribution in [0.1, 0.15) is 75.0 Å². The summed E-state index contributed by atoms with van der Waals surface area (Å²) in [6, 6.07) is 10.6. The molecule has 6 nitrogen and oxygen atoms in total. The summed E-state index contributed by atoms with van der Waals surface area (Å²) in [5.41, 5.74) is 0.620. The van der Waals surface area contributed by atoms with Gasteiger partial charge in [0, 0.05) is 11.1 Å². The van der Waals surface area contributed by atoms with Crippen LogP contribution in [-0.4, -0.2) is 24.6 Å². The van der Waals surface area contributed by atoms with Crippen molar-refractivity contribution >= 4 is 21.9 Å². The molecule has 2 rings (SSSR count). The molecule has 0 aliphatic rings. The normalized spacial score (nSPS) is 13.0. The van der Waals surface area contributed by atoms with E-state index in [0.29, 0.717) is 16.7 Å². The molecule has 0 atom stereocenters. The SMILES string of the molecule is CC(C)(C)c1cc(C=C(CC#N)S(=O)(=O)c2ccccc2C(=O)O)cc(C(C)(C)C)c1O. The van der Waals surface area contributed by atoms with Gasteiger partial charge < -0.3 is 10.2 Å². The molecule has 0 aliphatic heterocycles. The number of aromatic carboxylic acids is 1. The molecular weight excluding hydrogens is 426 g/mol. The molecule has 0 spiro atoms. The fraction of sp³-hybridized carbons (Fsp3) is 0.360. The fourth-order valence-electron chi connectivity index (χ4n) is 3.39. The van der Waals surface area contributed by atoms with E-state index in [1.807, 2.05) is 47.6 Å². The third kappa shape index (κ3) is 5.20. The third-order valence-corrected chi connectivity index (χ3v) is 6.97. The Morgan fingerprint density at radius 2 is 1.53 bits per heavy atom. The Morgan fingerprint density at radius 1 is 1.03 bits per heavy atom. The van der Waals surface area contributed by atoms with Crippen LogP contribution in [0.25, 0.3) is 6.08 Å². The van der Waals surface area contributed by atoms with E-state index in [-0.39, 0.29) is 21.1 Å². The minimum Gasteiger partial charge on any atom is -0.507 e. The maximum absolute atomic E-state index is 13.4. The van der Waals surface area contributed by atoms with E-state index >= 15 is 0 Å². The van der Waals surface area contributed by atoms with Crippen LogP contribution < -0.4 is 0 Å². The maximum atomic E-state index is 13.4. The first-order chi connectivity index (χ1) is 14.6. The molecule has 0 heterocycles. The molecule has 0 unspecified atom stereocenters. The summed E-state index contributed by atoms with van der Waals surface area (Å²) in [6.07, 6.45) is 0.966. The van der Waals surface area contributed by atoms with Gasteiger partial charge in [0.05, 0.1) is 27.9 Å². The van der Waals surface area contributed by atoms with Gasteiger partial charge in [0.25, 0.3) is 0 Å². The predicted octanol–water partition coefficient (Wildman–Crippen LogP) is 5.41. The van der Waals surface area contributed by atoms with Gasteiger partial charge >= 0.3 is 5.97 Å². The zero-order chi connectivity index (χ0) is 24.5. The van der Waals surface area contributed by atoms with Crippen LogP contribution >= 0.6 is 0 Å². The number of nitrogens with zero attached hydrogens (tertiary/aromatic N) is 1. The Kier molecular flexibility index (Phi) is 6.91. The lowest BCUT2D eigenvalue weighted by Gasteiger charge is -2.28. The molecule has 0 saturated heterocycles. The second-order valence-electron chi connectivity index (χ2n) is 9.71. The van der Waals surface area contributed by atoms with Crippen molar-refractivity contribution in [2.45, 2.75) is 63.7 Å². The highest BCUT2D eigenvalue weighted by molar-refractivity contribution is 7.95. The van der Waals surface area contributed by atoms with E-state index in [2.05, 4.69) is 0 Å². The van der Waals surface area contributed by atoms with E-state index in [9.17, 15) is 28.7 Å². The minimum absolute atomic E-state index is 0.156. The summed E-state index contributed by atoms with van der Waals surface area (Å²) in [5.74, 6) is -1.21. The zero-order valence-electron chi connectivity index (χ0n) is 19.2. The zero-order valence-corrected chi connectivity index (χ0v) is 20.0. The highest BCUT2D eigenvalue weighted by Gasteiger charge is 2.29. The second-order valence-corrected chi connectivity index (χ2v) is 11.7. The number of phenols is 1. The Morgan fingerprint density at radius 3 is 1.97 bits per heavy atom. The first kappa shape index (κ1) is 25.2. The molecule has 7 heteroatoms. The molecule has 0 aromatic heterocycles. The van der Waals surface area contributed by atoms with Crippen LogP contribution in [0.5, 0.6) is 5.75 Å². The number of sulfone groups is 1. The van der Waals surface area contributed by atoms with Gasteiger partial charge in [-0.2, -0.15) is 5.26 Å². The molecule has 2 aromatic rings. The van der Waals surface area contributed by atoms with Crippen LogP contribution in [0.15, 0.2) is 46.2 Å². The number of carboxylic acid groups (broad SMARTS) is 1. The van der Waals surface area contributed by atoms with Crippen molar-refractivity contribution in [3.8, 4) is 11.8 Å². The van der Waals surface area contributed by atoms with Gasteiger partial charge in [-0.25, -0.2) is 13.2 Å². The highest BCUT2D eigenvalue weighted by Crippen LogP contribution is 2.40. The predicted molar refractivity (Wildman–Crippen MR) is 124 cm³/mol. The van der Waals surface area contributed by atoms with E-state index in [1.165, 1.54) is 30.3 Å². The quantitative estimate of drug-likeness (QED) is 0.622. The fourth-order valence-corrected chi connectivity index (χ4v) is 4.92. The molecule has 2 aromatic carbocycles. The first-order valence-electron chi connectivity index (χ1n) is 10.1. The number of nitriles is 1. The molecule has 0 aliphatic carbocycles. The summed E-state index contributed by atoms with van der Waals surface area (Å²) >= 11 is 0. The van der Waals surface area contributed by atoms with Gasteiger partial charge in [0.2, 0.25) is 9.84 Å². The van der Waals surface area contributed by atoms with Gasteiger partial charge in [0.15, 0.2) is 0 Å². The van der Waals surface area contributed by atoms with Gasteiger partial charge in [-0.05, 0) is 46.7 Å². The second kappa shape index (κ2) is 8.79. The van der Waals surface area contributed by atoms with Gasteiger partial charge in [-0.15, -0.1) is 0 Å². The average Bonchev–Trinajstić information content (AvgIpc) is 2.66.